The van der Waals surface area contributed by atoms with Gasteiger partial charge in [-0.3, -0.25) is 0 Å². The Bertz CT molecular complexity index is 672. The maximum Gasteiger partial charge on any atom is 0.318 e. The van der Waals surface area contributed by atoms with Crippen LogP contribution in [-0.2, 0) is 6.42 Å². The number of hydrogen-bond acceptors (Lipinski definition) is 5. The fourth-order valence-corrected chi connectivity index (χ4v) is 3.10. The first kappa shape index (κ1) is 15.6. The van der Waals surface area contributed by atoms with Gasteiger partial charge < -0.3 is 19.3 Å². The maximum atomic E-state index is 12.4. The predicted octanol–water partition coefficient (Wildman–Crippen LogP) is 2.68. The minimum Gasteiger partial charge on any atom is -0.361 e. The van der Waals surface area contributed by atoms with Gasteiger partial charge >= 0.3 is 6.03 Å². The van der Waals surface area contributed by atoms with E-state index < -0.39 is 0 Å². The number of carbonyl (C=O) groups is 1. The second kappa shape index (κ2) is 6.44. The first-order chi connectivity index (χ1) is 11.1. The number of urea groups is 1. The number of likely N-dealkylation sites (tertiary alicyclic amines) is 1. The van der Waals surface area contributed by atoms with Gasteiger partial charge in [-0.2, -0.15) is 0 Å². The van der Waals surface area contributed by atoms with Crippen molar-refractivity contribution in [3.63, 3.8) is 0 Å². The Morgan fingerprint density at radius 2 is 2.17 bits per heavy atom. The van der Waals surface area contributed by atoms with Gasteiger partial charge in [0.2, 0.25) is 0 Å². The van der Waals surface area contributed by atoms with Crippen molar-refractivity contribution in [3.05, 3.63) is 34.5 Å². The van der Waals surface area contributed by atoms with E-state index >= 15 is 0 Å². The molecule has 3 heterocycles. The Balaban J connectivity index is 1.57. The number of aryl methyl sites for hydroxylation is 3. The molecule has 7 nitrogen and oxygen atoms in total. The molecule has 23 heavy (non-hydrogen) atoms. The van der Waals surface area contributed by atoms with E-state index in [1.165, 1.54) is 0 Å². The molecule has 1 atom stereocenters. The van der Waals surface area contributed by atoms with Gasteiger partial charge in [-0.15, -0.1) is 0 Å². The van der Waals surface area contributed by atoms with Crippen LogP contribution in [0.4, 0.5) is 4.79 Å². The van der Waals surface area contributed by atoms with Crippen molar-refractivity contribution in [1.82, 2.24) is 20.5 Å². The summed E-state index contributed by atoms with van der Waals surface area (Å²) >= 11 is 0. The third-order valence-electron chi connectivity index (χ3n) is 4.32. The van der Waals surface area contributed by atoms with Crippen molar-refractivity contribution in [2.45, 2.75) is 46.1 Å². The van der Waals surface area contributed by atoms with Crippen LogP contribution in [0.1, 0.15) is 47.4 Å². The van der Waals surface area contributed by atoms with Crippen LogP contribution in [0, 0.1) is 20.8 Å². The molecule has 0 spiro atoms. The van der Waals surface area contributed by atoms with E-state index in [2.05, 4.69) is 15.6 Å². The number of nitrogens with zero attached hydrogens (tertiary/aromatic N) is 3. The standard InChI is InChI=1S/C16H22N4O3/c1-10-9-15(23-18-10)14-5-4-8-20(14)16(21)17-7-6-13-11(2)19-22-12(13)3/h9,14H,4-8H2,1-3H3,(H,17,21). The van der Waals surface area contributed by atoms with Crippen molar-refractivity contribution in [2.75, 3.05) is 13.1 Å². The lowest BCUT2D eigenvalue weighted by atomic mass is 10.1. The highest BCUT2D eigenvalue weighted by atomic mass is 16.5. The summed E-state index contributed by atoms with van der Waals surface area (Å²) in [6.07, 6.45) is 2.60. The maximum absolute atomic E-state index is 12.4. The molecule has 124 valence electrons. The van der Waals surface area contributed by atoms with E-state index in [1.54, 1.807) is 0 Å². The fraction of sp³-hybridized carbons (Fsp3) is 0.562. The van der Waals surface area contributed by atoms with Crippen molar-refractivity contribution in [2.24, 2.45) is 0 Å². The van der Waals surface area contributed by atoms with Gasteiger partial charge in [0.25, 0.3) is 0 Å². The van der Waals surface area contributed by atoms with Crippen molar-refractivity contribution >= 4 is 6.03 Å². The lowest BCUT2D eigenvalue weighted by molar-refractivity contribution is 0.182. The summed E-state index contributed by atoms with van der Waals surface area (Å²) in [6, 6.07) is 1.82. The van der Waals surface area contributed by atoms with Crippen LogP contribution in [0.2, 0.25) is 0 Å². The highest BCUT2D eigenvalue weighted by molar-refractivity contribution is 5.75. The molecule has 1 saturated heterocycles. The average Bonchev–Trinajstić information content (AvgIpc) is 3.22. The lowest BCUT2D eigenvalue weighted by Crippen LogP contribution is -2.40. The number of amides is 2. The monoisotopic (exact) mass is 318 g/mol. The molecule has 1 unspecified atom stereocenters. The second-order valence-electron chi connectivity index (χ2n) is 6.01. The molecule has 3 rings (SSSR count). The minimum atomic E-state index is -0.0617. The summed E-state index contributed by atoms with van der Waals surface area (Å²) in [4.78, 5) is 14.3. The number of rotatable bonds is 4. The first-order valence-corrected chi connectivity index (χ1v) is 7.95. The molecule has 2 amide bonds. The zero-order valence-electron chi connectivity index (χ0n) is 13.8. The highest BCUT2D eigenvalue weighted by Gasteiger charge is 2.32. The zero-order chi connectivity index (χ0) is 16.4. The smallest absolute Gasteiger partial charge is 0.318 e. The Kier molecular flexibility index (Phi) is 4.36. The largest absolute Gasteiger partial charge is 0.361 e. The van der Waals surface area contributed by atoms with Crippen molar-refractivity contribution in [3.8, 4) is 0 Å². The van der Waals surface area contributed by atoms with Gasteiger partial charge in [-0.25, -0.2) is 4.79 Å². The van der Waals surface area contributed by atoms with Crippen LogP contribution >= 0.6 is 0 Å². The normalized spacial score (nSPS) is 17.7. The summed E-state index contributed by atoms with van der Waals surface area (Å²) in [6.45, 7) is 6.98. The van der Waals surface area contributed by atoms with Crippen molar-refractivity contribution in [1.29, 1.82) is 0 Å². The molecule has 2 aromatic rings. The molecule has 1 N–H and O–H groups in total. The van der Waals surface area contributed by atoms with E-state index in [0.717, 1.165) is 47.9 Å². The summed E-state index contributed by atoms with van der Waals surface area (Å²) in [7, 11) is 0. The van der Waals surface area contributed by atoms with Crippen LogP contribution < -0.4 is 5.32 Å². The van der Waals surface area contributed by atoms with Gasteiger partial charge in [0.05, 0.1) is 17.4 Å². The van der Waals surface area contributed by atoms with E-state index in [-0.39, 0.29) is 12.1 Å². The van der Waals surface area contributed by atoms with Gasteiger partial charge in [0.15, 0.2) is 5.76 Å². The number of hydrogen-bond donors (Lipinski definition) is 1. The highest BCUT2D eigenvalue weighted by Crippen LogP contribution is 2.32. The molecule has 0 aromatic carbocycles. The molecule has 0 saturated carbocycles. The van der Waals surface area contributed by atoms with Crippen molar-refractivity contribution < 1.29 is 13.8 Å². The average molecular weight is 318 g/mol. The van der Waals surface area contributed by atoms with E-state index in [1.807, 2.05) is 31.7 Å². The predicted molar refractivity (Wildman–Crippen MR) is 83.0 cm³/mol. The zero-order valence-corrected chi connectivity index (χ0v) is 13.8. The molecule has 2 aromatic heterocycles. The summed E-state index contributed by atoms with van der Waals surface area (Å²) < 4.78 is 10.5. The SMILES string of the molecule is Cc1cc(C2CCCN2C(=O)NCCc2c(C)noc2C)on1. The third kappa shape index (κ3) is 3.23. The minimum absolute atomic E-state index is 0.0183. The van der Waals surface area contributed by atoms with Gasteiger partial charge in [0, 0.05) is 24.7 Å². The van der Waals surface area contributed by atoms with Gasteiger partial charge in [0.1, 0.15) is 5.76 Å². The third-order valence-corrected chi connectivity index (χ3v) is 4.32. The van der Waals surface area contributed by atoms with Crippen LogP contribution in [0.25, 0.3) is 0 Å². The van der Waals surface area contributed by atoms with Crippen LogP contribution in [-0.4, -0.2) is 34.3 Å². The molecule has 0 radical (unpaired) electrons. The number of aromatic nitrogens is 2. The van der Waals surface area contributed by atoms with Crippen LogP contribution in [0.5, 0.6) is 0 Å². The molecule has 7 heteroatoms. The quantitative estimate of drug-likeness (QED) is 0.937. The van der Waals surface area contributed by atoms with Gasteiger partial charge in [-0.1, -0.05) is 10.3 Å². The van der Waals surface area contributed by atoms with Crippen LogP contribution in [0.3, 0.4) is 0 Å². The van der Waals surface area contributed by atoms with Crippen LogP contribution in [0.15, 0.2) is 15.1 Å². The topological polar surface area (TPSA) is 84.4 Å². The molecule has 1 aliphatic rings. The number of carbonyl (C=O) groups excluding carboxylic acids is 1. The van der Waals surface area contributed by atoms with Gasteiger partial charge in [-0.05, 0) is 40.0 Å². The molecule has 1 aliphatic heterocycles. The Morgan fingerprint density at radius 3 is 2.83 bits per heavy atom. The fourth-order valence-electron chi connectivity index (χ4n) is 3.10. The second-order valence-corrected chi connectivity index (χ2v) is 6.01. The Hall–Kier alpha value is -2.31. The number of nitrogens with one attached hydrogen (secondary N) is 1. The summed E-state index contributed by atoms with van der Waals surface area (Å²) in [5.74, 6) is 1.58. The molecule has 0 aliphatic carbocycles. The van der Waals surface area contributed by atoms with E-state index in [4.69, 9.17) is 9.05 Å². The Labute approximate surface area is 135 Å². The Morgan fingerprint density at radius 1 is 1.35 bits per heavy atom. The first-order valence-electron chi connectivity index (χ1n) is 7.95. The molecular weight excluding hydrogens is 296 g/mol. The molecule has 0 bridgehead atoms. The van der Waals surface area contributed by atoms with E-state index in [0.29, 0.717) is 13.0 Å². The van der Waals surface area contributed by atoms with E-state index in [9.17, 15) is 4.79 Å². The summed E-state index contributed by atoms with van der Waals surface area (Å²) in [5, 5.41) is 10.8. The lowest BCUT2D eigenvalue weighted by Gasteiger charge is -2.23. The molecule has 1 fully saturated rings. The molecular formula is C16H22N4O3. The summed E-state index contributed by atoms with van der Waals surface area (Å²) in [5.41, 5.74) is 2.78.